The first-order valence-corrected chi connectivity index (χ1v) is 7.45. The topological polar surface area (TPSA) is 91.2 Å². The number of carbonyl (C=O) groups excluding carboxylic acids is 1. The zero-order chi connectivity index (χ0) is 16.8. The fraction of sp³-hybridized carbons (Fsp3) is 0.125. The fourth-order valence-corrected chi connectivity index (χ4v) is 2.17. The molecule has 2 aromatic carbocycles. The number of aromatic hydroxyl groups is 2. The Hall–Kier alpha value is -2.54. The van der Waals surface area contributed by atoms with Crippen molar-refractivity contribution < 1.29 is 19.7 Å². The predicted octanol–water partition coefficient (Wildman–Crippen LogP) is 2.56. The summed E-state index contributed by atoms with van der Waals surface area (Å²) in [5, 5.41) is 22.9. The molecule has 0 aromatic heterocycles. The summed E-state index contributed by atoms with van der Waals surface area (Å²) in [6.07, 6.45) is 1.47. The molecule has 0 radical (unpaired) electrons. The van der Waals surface area contributed by atoms with Crippen LogP contribution in [0.25, 0.3) is 0 Å². The third kappa shape index (κ3) is 4.72. The van der Waals surface area contributed by atoms with Crippen LogP contribution < -0.4 is 10.2 Å². The third-order valence-corrected chi connectivity index (χ3v) is 3.65. The van der Waals surface area contributed by atoms with Gasteiger partial charge in [0.2, 0.25) is 5.91 Å². The first kappa shape index (κ1) is 16.8. The molecule has 3 N–H and O–H groups in total. The fourth-order valence-electron chi connectivity index (χ4n) is 1.81. The number of halogens is 1. The molecule has 0 saturated carbocycles. The number of ether oxygens (including phenoxy) is 1. The molecule has 0 unspecified atom stereocenters. The van der Waals surface area contributed by atoms with Crippen LogP contribution in [0.1, 0.15) is 11.1 Å². The van der Waals surface area contributed by atoms with Gasteiger partial charge >= 0.3 is 0 Å². The van der Waals surface area contributed by atoms with E-state index < -0.39 is 0 Å². The standard InChI is InChI=1S/C16H15BrN2O4/c1-23-12-4-2-10(3-5-12)6-16(22)19-18-9-11-7-13(17)15(21)8-14(11)20/h2-5,7-9,20-21H,6H2,1H3,(H,19,22)/b18-9-. The summed E-state index contributed by atoms with van der Waals surface area (Å²) in [5.41, 5.74) is 3.57. The second-order valence-electron chi connectivity index (χ2n) is 4.68. The average molecular weight is 379 g/mol. The summed E-state index contributed by atoms with van der Waals surface area (Å²) in [5.74, 6) is 0.214. The minimum absolute atomic E-state index is 0.0804. The number of hydrazone groups is 1. The lowest BCUT2D eigenvalue weighted by Crippen LogP contribution is -2.19. The molecule has 0 aliphatic carbocycles. The zero-order valence-electron chi connectivity index (χ0n) is 12.3. The van der Waals surface area contributed by atoms with Crippen LogP contribution in [0.2, 0.25) is 0 Å². The number of amides is 1. The summed E-state index contributed by atoms with van der Waals surface area (Å²) in [6, 6.07) is 9.82. The van der Waals surface area contributed by atoms with Crippen molar-refractivity contribution in [3.05, 3.63) is 52.0 Å². The van der Waals surface area contributed by atoms with Gasteiger partial charge in [0.25, 0.3) is 0 Å². The Bertz CT molecular complexity index is 730. The van der Waals surface area contributed by atoms with Gasteiger partial charge in [0.05, 0.1) is 24.2 Å². The van der Waals surface area contributed by atoms with Gasteiger partial charge in [-0.15, -0.1) is 0 Å². The van der Waals surface area contributed by atoms with Crippen molar-refractivity contribution >= 4 is 28.1 Å². The van der Waals surface area contributed by atoms with E-state index in [1.54, 1.807) is 31.4 Å². The summed E-state index contributed by atoms with van der Waals surface area (Å²) in [6.45, 7) is 0. The number of carbonyl (C=O) groups is 1. The number of phenols is 2. The Morgan fingerprint density at radius 2 is 1.96 bits per heavy atom. The first-order valence-electron chi connectivity index (χ1n) is 6.66. The molecule has 2 aromatic rings. The van der Waals surface area contributed by atoms with Crippen LogP contribution in [0.5, 0.6) is 17.2 Å². The minimum Gasteiger partial charge on any atom is -0.507 e. The van der Waals surface area contributed by atoms with Crippen LogP contribution in [0.4, 0.5) is 0 Å². The van der Waals surface area contributed by atoms with Crippen molar-refractivity contribution in [3.63, 3.8) is 0 Å². The highest BCUT2D eigenvalue weighted by atomic mass is 79.9. The van der Waals surface area contributed by atoms with Crippen LogP contribution in [0, 0.1) is 0 Å². The lowest BCUT2D eigenvalue weighted by atomic mass is 10.1. The number of methoxy groups -OCH3 is 1. The van der Waals surface area contributed by atoms with E-state index in [9.17, 15) is 15.0 Å². The molecular weight excluding hydrogens is 364 g/mol. The minimum atomic E-state index is -0.288. The maximum Gasteiger partial charge on any atom is 0.244 e. The molecule has 0 aliphatic rings. The lowest BCUT2D eigenvalue weighted by molar-refractivity contribution is -0.120. The highest BCUT2D eigenvalue weighted by Crippen LogP contribution is 2.30. The Morgan fingerprint density at radius 1 is 1.26 bits per heavy atom. The van der Waals surface area contributed by atoms with Gasteiger partial charge < -0.3 is 14.9 Å². The van der Waals surface area contributed by atoms with E-state index in [4.69, 9.17) is 4.74 Å². The number of hydrogen-bond donors (Lipinski definition) is 3. The molecule has 7 heteroatoms. The average Bonchev–Trinajstić information content (AvgIpc) is 2.53. The van der Waals surface area contributed by atoms with Gasteiger partial charge in [0, 0.05) is 11.6 Å². The van der Waals surface area contributed by atoms with E-state index in [0.29, 0.717) is 10.0 Å². The predicted molar refractivity (Wildman–Crippen MR) is 89.9 cm³/mol. The SMILES string of the molecule is COc1ccc(CC(=O)N/N=C\c2cc(Br)c(O)cc2O)cc1. The molecule has 0 spiro atoms. The molecule has 1 amide bonds. The monoisotopic (exact) mass is 378 g/mol. The number of rotatable bonds is 5. The van der Waals surface area contributed by atoms with Crippen LogP contribution in [-0.4, -0.2) is 29.4 Å². The Kier molecular flexibility index (Phi) is 5.59. The molecule has 6 nitrogen and oxygen atoms in total. The Morgan fingerprint density at radius 3 is 2.61 bits per heavy atom. The molecule has 0 heterocycles. The second-order valence-corrected chi connectivity index (χ2v) is 5.53. The van der Waals surface area contributed by atoms with Gasteiger partial charge in [0.1, 0.15) is 17.2 Å². The molecule has 0 atom stereocenters. The maximum absolute atomic E-state index is 11.8. The van der Waals surface area contributed by atoms with Gasteiger partial charge in [-0.05, 0) is 39.7 Å². The zero-order valence-corrected chi connectivity index (χ0v) is 13.9. The van der Waals surface area contributed by atoms with Crippen molar-refractivity contribution in [3.8, 4) is 17.2 Å². The number of phenolic OH excluding ortho intramolecular Hbond substituents is 2. The van der Waals surface area contributed by atoms with Gasteiger partial charge in [0.15, 0.2) is 0 Å². The Balaban J connectivity index is 1.94. The Labute approximate surface area is 141 Å². The molecule has 0 bridgehead atoms. The largest absolute Gasteiger partial charge is 0.507 e. The summed E-state index contributed by atoms with van der Waals surface area (Å²) < 4.78 is 5.47. The molecule has 23 heavy (non-hydrogen) atoms. The molecule has 0 aliphatic heterocycles. The van der Waals surface area contributed by atoms with Crippen LogP contribution in [0.15, 0.2) is 46.0 Å². The molecule has 2 rings (SSSR count). The van der Waals surface area contributed by atoms with Crippen molar-refractivity contribution in [2.75, 3.05) is 7.11 Å². The van der Waals surface area contributed by atoms with Gasteiger partial charge in [-0.25, -0.2) is 5.43 Å². The normalized spacial score (nSPS) is 10.7. The van der Waals surface area contributed by atoms with E-state index in [1.165, 1.54) is 18.3 Å². The highest BCUT2D eigenvalue weighted by Gasteiger charge is 2.06. The van der Waals surface area contributed by atoms with Crippen LogP contribution >= 0.6 is 15.9 Å². The van der Waals surface area contributed by atoms with Crippen molar-refractivity contribution in [1.29, 1.82) is 0 Å². The maximum atomic E-state index is 11.8. The van der Waals surface area contributed by atoms with E-state index in [-0.39, 0.29) is 23.8 Å². The molecule has 120 valence electrons. The van der Waals surface area contributed by atoms with Crippen molar-refractivity contribution in [2.45, 2.75) is 6.42 Å². The first-order chi connectivity index (χ1) is 11.0. The third-order valence-electron chi connectivity index (χ3n) is 3.01. The van der Waals surface area contributed by atoms with E-state index in [1.807, 2.05) is 0 Å². The number of hydrogen-bond acceptors (Lipinski definition) is 5. The summed E-state index contributed by atoms with van der Waals surface area (Å²) >= 11 is 3.14. The number of nitrogens with one attached hydrogen (secondary N) is 1. The summed E-state index contributed by atoms with van der Waals surface area (Å²) in [7, 11) is 1.58. The lowest BCUT2D eigenvalue weighted by Gasteiger charge is -2.04. The van der Waals surface area contributed by atoms with E-state index in [2.05, 4.69) is 26.5 Å². The van der Waals surface area contributed by atoms with E-state index >= 15 is 0 Å². The van der Waals surface area contributed by atoms with Crippen molar-refractivity contribution in [1.82, 2.24) is 5.43 Å². The van der Waals surface area contributed by atoms with Gasteiger partial charge in [-0.1, -0.05) is 12.1 Å². The van der Waals surface area contributed by atoms with Crippen LogP contribution in [-0.2, 0) is 11.2 Å². The molecular formula is C16H15BrN2O4. The van der Waals surface area contributed by atoms with Gasteiger partial charge in [-0.2, -0.15) is 5.10 Å². The number of benzene rings is 2. The quantitative estimate of drug-likeness (QED) is 0.550. The smallest absolute Gasteiger partial charge is 0.244 e. The molecule has 0 fully saturated rings. The van der Waals surface area contributed by atoms with Gasteiger partial charge in [-0.3, -0.25) is 4.79 Å². The second kappa shape index (κ2) is 7.64. The van der Waals surface area contributed by atoms with Crippen LogP contribution in [0.3, 0.4) is 0 Å². The van der Waals surface area contributed by atoms with E-state index in [0.717, 1.165) is 11.3 Å². The molecule has 0 saturated heterocycles. The summed E-state index contributed by atoms with van der Waals surface area (Å²) in [4.78, 5) is 11.8. The van der Waals surface area contributed by atoms with Crippen molar-refractivity contribution in [2.24, 2.45) is 5.10 Å². The number of nitrogens with zero attached hydrogens (tertiary/aromatic N) is 1. The highest BCUT2D eigenvalue weighted by molar-refractivity contribution is 9.10.